The summed E-state index contributed by atoms with van der Waals surface area (Å²) in [6.07, 6.45) is 2.09. The van der Waals surface area contributed by atoms with Gasteiger partial charge in [0.1, 0.15) is 17.9 Å². The van der Waals surface area contributed by atoms with Gasteiger partial charge in [-0.1, -0.05) is 59.6 Å². The van der Waals surface area contributed by atoms with Crippen molar-refractivity contribution in [1.29, 1.82) is 0 Å². The Morgan fingerprint density at radius 1 is 0.943 bits per heavy atom. The van der Waals surface area contributed by atoms with E-state index in [1.807, 2.05) is 42.5 Å². The average Bonchev–Trinajstić information content (AvgIpc) is 2.85. The third-order valence-electron chi connectivity index (χ3n) is 6.02. The summed E-state index contributed by atoms with van der Waals surface area (Å²) in [5, 5.41) is 12.5. The molecule has 182 valence electrons. The summed E-state index contributed by atoms with van der Waals surface area (Å²) in [5.74, 6) is -1.03. The largest absolute Gasteiger partial charge is 0.490 e. The normalized spacial score (nSPS) is 14.9. The number of nitrogens with zero attached hydrogens (tertiary/aromatic N) is 1. The van der Waals surface area contributed by atoms with Crippen LogP contribution in [0.5, 0.6) is 5.75 Å². The number of aliphatic carboxylic acids is 1. The number of anilines is 1. The number of piperidine rings is 1. The number of ether oxygens (including phenoxy) is 1. The summed E-state index contributed by atoms with van der Waals surface area (Å²) in [6.45, 7) is 1.87. The molecule has 3 aromatic carbocycles. The Kier molecular flexibility index (Phi) is 8.16. The average molecular weight is 513 g/mol. The highest BCUT2D eigenvalue weighted by molar-refractivity contribution is 6.39. The van der Waals surface area contributed by atoms with Gasteiger partial charge in [-0.3, -0.25) is 4.79 Å². The molecule has 0 aliphatic carbocycles. The molecule has 0 aromatic heterocycles. The number of hydrogen-bond donors (Lipinski definition) is 2. The zero-order valence-electron chi connectivity index (χ0n) is 19.0. The van der Waals surface area contributed by atoms with Crippen LogP contribution in [0.25, 0.3) is 0 Å². The summed E-state index contributed by atoms with van der Waals surface area (Å²) in [6, 6.07) is 21.2. The highest BCUT2D eigenvalue weighted by Crippen LogP contribution is 2.25. The molecule has 0 spiro atoms. The molecular weight excluding hydrogens is 487 g/mol. The van der Waals surface area contributed by atoms with Crippen LogP contribution in [0, 0.1) is 0 Å². The van der Waals surface area contributed by atoms with Crippen molar-refractivity contribution in [2.45, 2.75) is 31.4 Å². The first kappa shape index (κ1) is 24.9. The first-order chi connectivity index (χ1) is 16.9. The van der Waals surface area contributed by atoms with Crippen LogP contribution in [0.15, 0.2) is 72.8 Å². The number of amides is 1. The van der Waals surface area contributed by atoms with Gasteiger partial charge in [0.15, 0.2) is 0 Å². The maximum absolute atomic E-state index is 12.6. The minimum absolute atomic E-state index is 0.0594. The Labute approximate surface area is 214 Å². The van der Waals surface area contributed by atoms with E-state index in [1.165, 1.54) is 17.8 Å². The number of halogens is 2. The van der Waals surface area contributed by atoms with Gasteiger partial charge in [-0.25, -0.2) is 4.79 Å². The number of benzene rings is 3. The van der Waals surface area contributed by atoms with Crippen LogP contribution in [0.3, 0.4) is 0 Å². The monoisotopic (exact) mass is 512 g/mol. The Morgan fingerprint density at radius 3 is 2.17 bits per heavy atom. The zero-order chi connectivity index (χ0) is 24.8. The zero-order valence-corrected chi connectivity index (χ0v) is 20.5. The van der Waals surface area contributed by atoms with E-state index >= 15 is 0 Å². The maximum atomic E-state index is 12.6. The molecule has 6 nitrogen and oxygen atoms in total. The van der Waals surface area contributed by atoms with E-state index in [-0.39, 0.29) is 28.1 Å². The van der Waals surface area contributed by atoms with E-state index in [9.17, 15) is 14.7 Å². The van der Waals surface area contributed by atoms with Crippen LogP contribution < -0.4 is 15.0 Å². The van der Waals surface area contributed by atoms with Crippen LogP contribution >= 0.6 is 23.2 Å². The van der Waals surface area contributed by atoms with Crippen molar-refractivity contribution in [1.82, 2.24) is 5.32 Å². The highest BCUT2D eigenvalue weighted by atomic mass is 35.5. The summed E-state index contributed by atoms with van der Waals surface area (Å²) < 4.78 is 6.15. The molecule has 1 unspecified atom stereocenters. The number of carboxylic acids is 1. The van der Waals surface area contributed by atoms with Crippen molar-refractivity contribution < 1.29 is 19.4 Å². The molecule has 1 heterocycles. The van der Waals surface area contributed by atoms with Crippen molar-refractivity contribution in [2.75, 3.05) is 18.0 Å². The fourth-order valence-corrected chi connectivity index (χ4v) is 4.72. The molecule has 0 radical (unpaired) electrons. The lowest BCUT2D eigenvalue weighted by molar-refractivity contribution is -0.139. The SMILES string of the molecule is O=C(NC(Cc1ccc(OC2CCN(c3ccccc3)CC2)cc1)C(=O)O)c1c(Cl)cccc1Cl. The predicted octanol–water partition coefficient (Wildman–Crippen LogP) is 5.47. The number of nitrogens with one attached hydrogen (secondary N) is 1. The molecule has 4 rings (SSSR count). The van der Waals surface area contributed by atoms with Crippen molar-refractivity contribution in [3.05, 3.63) is 94.0 Å². The fourth-order valence-electron chi connectivity index (χ4n) is 4.15. The number of rotatable bonds is 8. The van der Waals surface area contributed by atoms with E-state index in [1.54, 1.807) is 6.07 Å². The minimum Gasteiger partial charge on any atom is -0.490 e. The van der Waals surface area contributed by atoms with Gasteiger partial charge in [-0.2, -0.15) is 0 Å². The highest BCUT2D eigenvalue weighted by Gasteiger charge is 2.24. The Hall–Kier alpha value is -3.22. The molecule has 8 heteroatoms. The lowest BCUT2D eigenvalue weighted by atomic mass is 10.0. The molecule has 35 heavy (non-hydrogen) atoms. The second-order valence-electron chi connectivity index (χ2n) is 8.45. The molecule has 3 aromatic rings. The second kappa shape index (κ2) is 11.5. The summed E-state index contributed by atoms with van der Waals surface area (Å²) >= 11 is 12.1. The van der Waals surface area contributed by atoms with Crippen LogP contribution in [-0.2, 0) is 11.2 Å². The van der Waals surface area contributed by atoms with Crippen LogP contribution in [0.2, 0.25) is 10.0 Å². The molecule has 1 saturated heterocycles. The quantitative estimate of drug-likeness (QED) is 0.418. The number of carbonyl (C=O) groups excluding carboxylic acids is 1. The molecule has 1 amide bonds. The van der Waals surface area contributed by atoms with Crippen molar-refractivity contribution in [2.24, 2.45) is 0 Å². The number of carbonyl (C=O) groups is 2. The van der Waals surface area contributed by atoms with Crippen LogP contribution in [-0.4, -0.2) is 42.2 Å². The van der Waals surface area contributed by atoms with Crippen molar-refractivity contribution >= 4 is 40.8 Å². The van der Waals surface area contributed by atoms with Gasteiger partial charge in [-0.15, -0.1) is 0 Å². The standard InChI is InChI=1S/C27H26Cl2N2O4/c28-22-7-4-8-23(29)25(22)26(32)30-24(27(33)34)17-18-9-11-20(12-10-18)35-21-13-15-31(16-14-21)19-5-2-1-3-6-19/h1-12,21,24H,13-17H2,(H,30,32)(H,33,34). The molecule has 1 fully saturated rings. The van der Waals surface area contributed by atoms with Crippen molar-refractivity contribution in [3.63, 3.8) is 0 Å². The third-order valence-corrected chi connectivity index (χ3v) is 6.65. The van der Waals surface area contributed by atoms with Crippen LogP contribution in [0.4, 0.5) is 5.69 Å². The van der Waals surface area contributed by atoms with E-state index < -0.39 is 17.9 Å². The van der Waals surface area contributed by atoms with Gasteiger partial charge < -0.3 is 20.1 Å². The smallest absolute Gasteiger partial charge is 0.326 e. The number of para-hydroxylation sites is 1. The minimum atomic E-state index is -1.15. The second-order valence-corrected chi connectivity index (χ2v) is 9.26. The molecule has 0 saturated carbocycles. The maximum Gasteiger partial charge on any atom is 0.326 e. The van der Waals surface area contributed by atoms with E-state index in [2.05, 4.69) is 22.3 Å². The molecule has 1 atom stereocenters. The van der Waals surface area contributed by atoms with Gasteiger partial charge in [0.25, 0.3) is 5.91 Å². The fraction of sp³-hybridized carbons (Fsp3) is 0.259. The molecular formula is C27H26Cl2N2O4. The third kappa shape index (κ3) is 6.47. The Balaban J connectivity index is 1.32. The van der Waals surface area contributed by atoms with Crippen LogP contribution in [0.1, 0.15) is 28.8 Å². The molecule has 1 aliphatic rings. The number of carboxylic acid groups (broad SMARTS) is 1. The summed E-state index contributed by atoms with van der Waals surface area (Å²) in [7, 11) is 0. The summed E-state index contributed by atoms with van der Waals surface area (Å²) in [4.78, 5) is 26.8. The van der Waals surface area contributed by atoms with E-state index in [0.717, 1.165) is 37.2 Å². The van der Waals surface area contributed by atoms with Gasteiger partial charge in [-0.05, 0) is 42.0 Å². The lowest BCUT2D eigenvalue weighted by Gasteiger charge is -2.33. The predicted molar refractivity (Wildman–Crippen MR) is 138 cm³/mol. The first-order valence-corrected chi connectivity index (χ1v) is 12.2. The molecule has 1 aliphatic heterocycles. The van der Waals surface area contributed by atoms with Gasteiger partial charge in [0, 0.05) is 38.0 Å². The topological polar surface area (TPSA) is 78.9 Å². The van der Waals surface area contributed by atoms with Gasteiger partial charge in [0.2, 0.25) is 0 Å². The first-order valence-electron chi connectivity index (χ1n) is 11.4. The van der Waals surface area contributed by atoms with Crippen molar-refractivity contribution in [3.8, 4) is 5.75 Å². The van der Waals surface area contributed by atoms with Gasteiger partial charge in [0.05, 0.1) is 15.6 Å². The summed E-state index contributed by atoms with van der Waals surface area (Å²) in [5.41, 5.74) is 2.05. The van der Waals surface area contributed by atoms with Gasteiger partial charge >= 0.3 is 5.97 Å². The van der Waals surface area contributed by atoms with E-state index in [4.69, 9.17) is 27.9 Å². The Bertz CT molecular complexity index is 1140. The molecule has 2 N–H and O–H groups in total. The number of hydrogen-bond acceptors (Lipinski definition) is 4. The Morgan fingerprint density at radius 2 is 1.57 bits per heavy atom. The lowest BCUT2D eigenvalue weighted by Crippen LogP contribution is -2.42. The van der Waals surface area contributed by atoms with E-state index in [0.29, 0.717) is 0 Å². The molecule has 0 bridgehead atoms.